The van der Waals surface area contributed by atoms with Crippen LogP contribution in [0.5, 0.6) is 0 Å². The number of aromatic nitrogens is 2. The van der Waals surface area contributed by atoms with Crippen molar-refractivity contribution in [1.82, 2.24) is 9.97 Å². The van der Waals surface area contributed by atoms with E-state index in [1.807, 2.05) is 41.8 Å². The number of hydrazone groups is 1. The van der Waals surface area contributed by atoms with Gasteiger partial charge in [0.15, 0.2) is 5.82 Å². The van der Waals surface area contributed by atoms with Crippen molar-refractivity contribution >= 4 is 49.5 Å². The fraction of sp³-hybridized carbons (Fsp3) is 0.409. The van der Waals surface area contributed by atoms with Gasteiger partial charge in [0.1, 0.15) is 11.2 Å². The Morgan fingerprint density at radius 3 is 2.82 bits per heavy atom. The van der Waals surface area contributed by atoms with Gasteiger partial charge in [0.25, 0.3) is 0 Å². The van der Waals surface area contributed by atoms with E-state index in [1.54, 1.807) is 6.33 Å². The van der Waals surface area contributed by atoms with E-state index in [0.717, 1.165) is 38.9 Å². The van der Waals surface area contributed by atoms with Gasteiger partial charge in [-0.05, 0) is 53.9 Å². The van der Waals surface area contributed by atoms with Crippen LogP contribution in [0.15, 0.2) is 40.2 Å². The molecular formula is C22H25BrN4S. The van der Waals surface area contributed by atoms with Crippen molar-refractivity contribution in [2.75, 3.05) is 5.43 Å². The third-order valence-corrected chi connectivity index (χ3v) is 7.84. The number of anilines is 1. The van der Waals surface area contributed by atoms with E-state index in [-0.39, 0.29) is 0 Å². The van der Waals surface area contributed by atoms with Gasteiger partial charge >= 0.3 is 0 Å². The molecule has 4 rings (SSSR count). The first kappa shape index (κ1) is 19.5. The second kappa shape index (κ2) is 7.91. The van der Waals surface area contributed by atoms with E-state index in [0.29, 0.717) is 11.3 Å². The molecule has 28 heavy (non-hydrogen) atoms. The van der Waals surface area contributed by atoms with Crippen LogP contribution in [0, 0.1) is 11.3 Å². The normalized spacial score (nSPS) is 17.2. The lowest BCUT2D eigenvalue weighted by Crippen LogP contribution is -2.28. The summed E-state index contributed by atoms with van der Waals surface area (Å²) in [5, 5.41) is 5.59. The highest BCUT2D eigenvalue weighted by Crippen LogP contribution is 2.45. The summed E-state index contributed by atoms with van der Waals surface area (Å²) in [6.07, 6.45) is 8.17. The maximum Gasteiger partial charge on any atom is 0.158 e. The molecule has 1 aromatic carbocycles. The quantitative estimate of drug-likeness (QED) is 0.354. The van der Waals surface area contributed by atoms with Crippen LogP contribution in [0.25, 0.3) is 10.2 Å². The topological polar surface area (TPSA) is 50.2 Å². The van der Waals surface area contributed by atoms with Gasteiger partial charge in [-0.25, -0.2) is 9.97 Å². The number of hydrogen-bond acceptors (Lipinski definition) is 5. The van der Waals surface area contributed by atoms with Gasteiger partial charge < -0.3 is 0 Å². The molecule has 2 heterocycles. The molecule has 0 amide bonds. The average Bonchev–Trinajstić information content (AvgIpc) is 3.08. The zero-order chi connectivity index (χ0) is 19.7. The predicted molar refractivity (Wildman–Crippen MR) is 122 cm³/mol. The molecule has 1 aliphatic rings. The maximum atomic E-state index is 4.54. The van der Waals surface area contributed by atoms with Crippen molar-refractivity contribution < 1.29 is 0 Å². The smallest absolute Gasteiger partial charge is 0.158 e. The van der Waals surface area contributed by atoms with Gasteiger partial charge in [0, 0.05) is 9.35 Å². The van der Waals surface area contributed by atoms with Gasteiger partial charge in [-0.15, -0.1) is 11.3 Å². The highest BCUT2D eigenvalue weighted by Gasteiger charge is 2.33. The Kier molecular flexibility index (Phi) is 5.52. The second-order valence-corrected chi connectivity index (χ2v) is 10.1. The van der Waals surface area contributed by atoms with Gasteiger partial charge in [-0.3, -0.25) is 5.43 Å². The molecule has 0 spiro atoms. The molecule has 0 fully saturated rings. The number of halogens is 1. The number of fused-ring (bicyclic) bond motifs is 3. The summed E-state index contributed by atoms with van der Waals surface area (Å²) in [7, 11) is 0. The molecular weight excluding hydrogens is 432 g/mol. The molecule has 0 saturated heterocycles. The summed E-state index contributed by atoms with van der Waals surface area (Å²) in [6, 6.07) is 8.06. The van der Waals surface area contributed by atoms with Crippen LogP contribution in [0.2, 0.25) is 0 Å². The number of thiophene rings is 1. The zero-order valence-corrected chi connectivity index (χ0v) is 18.9. The van der Waals surface area contributed by atoms with Gasteiger partial charge in [-0.2, -0.15) is 5.10 Å². The Morgan fingerprint density at radius 1 is 1.29 bits per heavy atom. The van der Waals surface area contributed by atoms with Crippen molar-refractivity contribution in [1.29, 1.82) is 0 Å². The Bertz CT molecular complexity index is 1010. The predicted octanol–water partition coefficient (Wildman–Crippen LogP) is 6.44. The third kappa shape index (κ3) is 3.85. The molecule has 0 aliphatic heterocycles. The molecule has 0 saturated carbocycles. The molecule has 1 atom stereocenters. The Morgan fingerprint density at radius 2 is 2.07 bits per heavy atom. The Balaban J connectivity index is 1.63. The van der Waals surface area contributed by atoms with Crippen LogP contribution >= 0.6 is 27.3 Å². The molecule has 1 N–H and O–H groups in total. The molecule has 0 radical (unpaired) electrons. The minimum atomic E-state index is 0.356. The van der Waals surface area contributed by atoms with Gasteiger partial charge in [-0.1, -0.05) is 55.3 Å². The minimum absolute atomic E-state index is 0.356. The summed E-state index contributed by atoms with van der Waals surface area (Å²) in [4.78, 5) is 11.6. The van der Waals surface area contributed by atoms with Crippen molar-refractivity contribution in [3.8, 4) is 0 Å². The van der Waals surface area contributed by atoms with Crippen LogP contribution in [-0.2, 0) is 12.8 Å². The molecule has 146 valence electrons. The van der Waals surface area contributed by atoms with E-state index in [1.165, 1.54) is 23.3 Å². The van der Waals surface area contributed by atoms with E-state index < -0.39 is 0 Å². The average molecular weight is 457 g/mol. The third-order valence-electron chi connectivity index (χ3n) is 6.11. The van der Waals surface area contributed by atoms with Gasteiger partial charge in [0.05, 0.1) is 11.6 Å². The van der Waals surface area contributed by atoms with Crippen LogP contribution in [0.3, 0.4) is 0 Å². The van der Waals surface area contributed by atoms with Crippen LogP contribution < -0.4 is 5.43 Å². The molecule has 6 heteroatoms. The number of hydrogen-bond donors (Lipinski definition) is 1. The number of aryl methyl sites for hydroxylation is 1. The summed E-state index contributed by atoms with van der Waals surface area (Å²) < 4.78 is 1.06. The van der Waals surface area contributed by atoms with Crippen molar-refractivity contribution in [2.24, 2.45) is 16.4 Å². The first-order valence-corrected chi connectivity index (χ1v) is 11.4. The van der Waals surface area contributed by atoms with Gasteiger partial charge in [0.2, 0.25) is 0 Å². The van der Waals surface area contributed by atoms with E-state index in [2.05, 4.69) is 57.2 Å². The molecule has 4 nitrogen and oxygen atoms in total. The first-order valence-electron chi connectivity index (χ1n) is 9.78. The number of benzene rings is 1. The molecule has 3 aromatic rings. The summed E-state index contributed by atoms with van der Waals surface area (Å²) in [5.74, 6) is 1.51. The van der Waals surface area contributed by atoms with Crippen molar-refractivity contribution in [3.63, 3.8) is 0 Å². The van der Waals surface area contributed by atoms with E-state index in [9.17, 15) is 0 Å². The van der Waals surface area contributed by atoms with Crippen LogP contribution in [0.4, 0.5) is 5.82 Å². The second-order valence-electron chi connectivity index (χ2n) is 8.11. The number of rotatable bonds is 5. The first-order chi connectivity index (χ1) is 13.5. The van der Waals surface area contributed by atoms with Crippen LogP contribution in [-0.4, -0.2) is 16.2 Å². The fourth-order valence-corrected chi connectivity index (χ4v) is 5.31. The highest BCUT2D eigenvalue weighted by molar-refractivity contribution is 9.10. The van der Waals surface area contributed by atoms with E-state index >= 15 is 0 Å². The van der Waals surface area contributed by atoms with Crippen LogP contribution in [0.1, 0.15) is 49.6 Å². The monoisotopic (exact) mass is 456 g/mol. The summed E-state index contributed by atoms with van der Waals surface area (Å²) in [6.45, 7) is 7.10. The Labute approximate surface area is 178 Å². The summed E-state index contributed by atoms with van der Waals surface area (Å²) >= 11 is 5.27. The lowest BCUT2D eigenvalue weighted by molar-refractivity contribution is 0.184. The number of nitrogens with one attached hydrogen (secondary N) is 1. The van der Waals surface area contributed by atoms with Crippen molar-refractivity contribution in [2.45, 2.75) is 46.5 Å². The SMILES string of the molecule is CCC(C)(C)[C@H]1CCc2sc3ncnc(N/N=C\c4ccc(Br)cc4)c3c2C1. The Hall–Kier alpha value is -1.79. The number of nitrogens with zero attached hydrogens (tertiary/aromatic N) is 3. The largest absolute Gasteiger partial charge is 0.261 e. The lowest BCUT2D eigenvalue weighted by atomic mass is 9.69. The molecule has 0 bridgehead atoms. The summed E-state index contributed by atoms with van der Waals surface area (Å²) in [5.41, 5.74) is 5.99. The highest BCUT2D eigenvalue weighted by atomic mass is 79.9. The zero-order valence-electron chi connectivity index (χ0n) is 16.5. The maximum absolute atomic E-state index is 4.54. The fourth-order valence-electron chi connectivity index (χ4n) is 3.87. The molecule has 1 aliphatic carbocycles. The van der Waals surface area contributed by atoms with Crippen molar-refractivity contribution in [3.05, 3.63) is 51.1 Å². The lowest BCUT2D eigenvalue weighted by Gasteiger charge is -2.36. The standard InChI is InChI=1S/C22H25BrN4S/c1-4-22(2,3)15-7-10-18-17(11-15)19-20(24-13-25-21(19)28-18)27-26-12-14-5-8-16(23)9-6-14/h5-6,8-9,12-13,15H,4,7,10-11H2,1-3H3,(H,24,25,27)/b26-12-/t15-/m0/s1. The minimum Gasteiger partial charge on any atom is -0.261 e. The molecule has 2 aromatic heterocycles. The molecule has 0 unspecified atom stereocenters. The van der Waals surface area contributed by atoms with E-state index in [4.69, 9.17) is 0 Å².